The average Bonchev–Trinajstić information content (AvgIpc) is 3.43. The lowest BCUT2D eigenvalue weighted by Gasteiger charge is -2.22. The first-order valence-corrected chi connectivity index (χ1v) is 11.1. The molecule has 1 amide bonds. The van der Waals surface area contributed by atoms with Crippen molar-refractivity contribution in [2.24, 2.45) is 7.05 Å². The molecule has 0 bridgehead atoms. The van der Waals surface area contributed by atoms with Gasteiger partial charge in [0.25, 0.3) is 0 Å². The molecule has 0 N–H and O–H groups in total. The molecule has 0 radical (unpaired) electrons. The van der Waals surface area contributed by atoms with Gasteiger partial charge in [-0.25, -0.2) is 0 Å². The van der Waals surface area contributed by atoms with Crippen LogP contribution in [0.2, 0.25) is 5.02 Å². The van der Waals surface area contributed by atoms with Crippen molar-refractivity contribution in [3.8, 4) is 5.75 Å². The van der Waals surface area contributed by atoms with Crippen LogP contribution in [0.5, 0.6) is 5.75 Å². The number of nitrogens with zero attached hydrogens (tertiary/aromatic N) is 4. The molecule has 156 valence electrons. The van der Waals surface area contributed by atoms with Gasteiger partial charge in [-0.05, 0) is 42.7 Å². The molecule has 0 spiro atoms. The fourth-order valence-corrected chi connectivity index (χ4v) is 4.58. The molecular weight excluding hydrogens is 420 g/mol. The van der Waals surface area contributed by atoms with Crippen LogP contribution in [0.4, 0.5) is 0 Å². The number of hydrogen-bond donors (Lipinski definition) is 0. The number of amides is 1. The Hall–Kier alpha value is -2.51. The Morgan fingerprint density at radius 1 is 1.10 bits per heavy atom. The average molecular weight is 443 g/mol. The lowest BCUT2D eigenvalue weighted by molar-refractivity contribution is -0.129. The first-order chi connectivity index (χ1) is 14.6. The second kappa shape index (κ2) is 9.53. The van der Waals surface area contributed by atoms with Gasteiger partial charge in [0, 0.05) is 25.2 Å². The van der Waals surface area contributed by atoms with Crippen LogP contribution in [-0.4, -0.2) is 38.7 Å². The first-order valence-electron chi connectivity index (χ1n) is 9.89. The lowest BCUT2D eigenvalue weighted by Crippen LogP contribution is -2.31. The summed E-state index contributed by atoms with van der Waals surface area (Å²) in [6.45, 7) is 1.92. The maximum atomic E-state index is 13.2. The van der Waals surface area contributed by atoms with E-state index >= 15 is 0 Å². The molecule has 1 fully saturated rings. The number of halogens is 1. The Kier molecular flexibility index (Phi) is 6.59. The predicted molar refractivity (Wildman–Crippen MR) is 118 cm³/mol. The summed E-state index contributed by atoms with van der Waals surface area (Å²) in [5.41, 5.74) is 0.973. The van der Waals surface area contributed by atoms with Gasteiger partial charge >= 0.3 is 0 Å². The molecule has 1 aliphatic heterocycles. The smallest absolute Gasteiger partial charge is 0.240 e. The largest absolute Gasteiger partial charge is 0.486 e. The molecule has 3 aromatic rings. The summed E-state index contributed by atoms with van der Waals surface area (Å²) >= 11 is 7.35. The Balaban J connectivity index is 1.50. The van der Waals surface area contributed by atoms with Crippen LogP contribution in [0.1, 0.15) is 29.5 Å². The van der Waals surface area contributed by atoms with Crippen molar-refractivity contribution in [1.29, 1.82) is 0 Å². The first kappa shape index (κ1) is 20.8. The number of rotatable bonds is 7. The van der Waals surface area contributed by atoms with Crippen LogP contribution >= 0.6 is 23.4 Å². The van der Waals surface area contributed by atoms with Gasteiger partial charge in [0.1, 0.15) is 17.6 Å². The molecule has 8 heteroatoms. The zero-order valence-electron chi connectivity index (χ0n) is 16.7. The molecule has 0 aliphatic carbocycles. The molecule has 1 atom stereocenters. The molecule has 0 unspecified atom stereocenters. The maximum Gasteiger partial charge on any atom is 0.240 e. The van der Waals surface area contributed by atoms with Gasteiger partial charge in [0.2, 0.25) is 5.91 Å². The van der Waals surface area contributed by atoms with Crippen LogP contribution < -0.4 is 4.74 Å². The van der Waals surface area contributed by atoms with Gasteiger partial charge in [0.05, 0.1) is 0 Å². The topological polar surface area (TPSA) is 60.2 Å². The third kappa shape index (κ3) is 4.79. The number of carbonyl (C=O) groups excluding carboxylic acids is 1. The van der Waals surface area contributed by atoms with Gasteiger partial charge < -0.3 is 14.2 Å². The molecule has 0 saturated carbocycles. The van der Waals surface area contributed by atoms with Gasteiger partial charge in [-0.15, -0.1) is 10.2 Å². The van der Waals surface area contributed by atoms with E-state index in [-0.39, 0.29) is 17.8 Å². The standard InChI is InChI=1S/C22H23ClN4O2S/c1-26-19(15-29-18-11-9-17(23)10-12-18)24-25-22(26)30-20(16-7-3-2-4-8-16)21(28)27-13-5-6-14-27/h2-4,7-12,20H,5-6,13-15H2,1H3/t20-/m1/s1. The zero-order valence-corrected chi connectivity index (χ0v) is 18.3. The molecule has 1 saturated heterocycles. The van der Waals surface area contributed by atoms with E-state index in [0.29, 0.717) is 21.8 Å². The normalized spacial score (nSPS) is 14.7. The molecule has 2 heterocycles. The van der Waals surface area contributed by atoms with Crippen LogP contribution in [0.25, 0.3) is 0 Å². The predicted octanol–water partition coefficient (Wildman–Crippen LogP) is 4.50. The van der Waals surface area contributed by atoms with Crippen molar-refractivity contribution in [2.75, 3.05) is 13.1 Å². The summed E-state index contributed by atoms with van der Waals surface area (Å²) in [7, 11) is 1.89. The lowest BCUT2D eigenvalue weighted by atomic mass is 10.1. The van der Waals surface area contributed by atoms with E-state index < -0.39 is 0 Å². The molecule has 1 aliphatic rings. The van der Waals surface area contributed by atoms with E-state index in [1.165, 1.54) is 11.8 Å². The van der Waals surface area contributed by atoms with Crippen molar-refractivity contribution in [1.82, 2.24) is 19.7 Å². The van der Waals surface area contributed by atoms with Crippen molar-refractivity contribution in [2.45, 2.75) is 29.9 Å². The summed E-state index contributed by atoms with van der Waals surface area (Å²) in [6.07, 6.45) is 2.13. The van der Waals surface area contributed by atoms with Crippen LogP contribution in [0.15, 0.2) is 59.8 Å². The number of likely N-dealkylation sites (tertiary alicyclic amines) is 1. The number of ether oxygens (including phenoxy) is 1. The van der Waals surface area contributed by atoms with E-state index in [1.54, 1.807) is 12.1 Å². The fourth-order valence-electron chi connectivity index (χ4n) is 3.35. The minimum atomic E-state index is -0.350. The Morgan fingerprint density at radius 2 is 1.80 bits per heavy atom. The Labute approximate surface area is 185 Å². The highest BCUT2D eigenvalue weighted by Gasteiger charge is 2.30. The van der Waals surface area contributed by atoms with Crippen molar-refractivity contribution < 1.29 is 9.53 Å². The van der Waals surface area contributed by atoms with Gasteiger partial charge in [-0.2, -0.15) is 0 Å². The highest BCUT2D eigenvalue weighted by molar-refractivity contribution is 8.00. The molecule has 1 aromatic heterocycles. The van der Waals surface area contributed by atoms with Crippen LogP contribution in [0.3, 0.4) is 0 Å². The van der Waals surface area contributed by atoms with Gasteiger partial charge in [-0.1, -0.05) is 53.7 Å². The van der Waals surface area contributed by atoms with Crippen molar-refractivity contribution >= 4 is 29.3 Å². The monoisotopic (exact) mass is 442 g/mol. The summed E-state index contributed by atoms with van der Waals surface area (Å²) in [4.78, 5) is 15.2. The summed E-state index contributed by atoms with van der Waals surface area (Å²) in [5.74, 6) is 1.53. The Bertz CT molecular complexity index is 988. The molecule has 30 heavy (non-hydrogen) atoms. The van der Waals surface area contributed by atoms with E-state index in [4.69, 9.17) is 16.3 Å². The number of thioether (sulfide) groups is 1. The fraction of sp³-hybridized carbons (Fsp3) is 0.318. The third-order valence-electron chi connectivity index (χ3n) is 5.07. The zero-order chi connectivity index (χ0) is 20.9. The molecular formula is C22H23ClN4O2S. The molecule has 6 nitrogen and oxygen atoms in total. The summed E-state index contributed by atoms with van der Waals surface area (Å²) in [5, 5.41) is 9.59. The van der Waals surface area contributed by atoms with Gasteiger partial charge in [-0.3, -0.25) is 4.79 Å². The number of aromatic nitrogens is 3. The Morgan fingerprint density at radius 3 is 2.50 bits per heavy atom. The van der Waals surface area contributed by atoms with Gasteiger partial charge in [0.15, 0.2) is 11.0 Å². The highest BCUT2D eigenvalue weighted by Crippen LogP contribution is 2.36. The van der Waals surface area contributed by atoms with E-state index in [9.17, 15) is 4.79 Å². The van der Waals surface area contributed by atoms with Crippen molar-refractivity contribution in [3.05, 3.63) is 71.0 Å². The van der Waals surface area contributed by atoms with E-state index in [1.807, 2.05) is 59.0 Å². The van der Waals surface area contributed by atoms with E-state index in [2.05, 4.69) is 10.2 Å². The second-order valence-electron chi connectivity index (χ2n) is 7.14. The van der Waals surface area contributed by atoms with Crippen molar-refractivity contribution in [3.63, 3.8) is 0 Å². The maximum absolute atomic E-state index is 13.2. The van der Waals surface area contributed by atoms with Crippen LogP contribution in [-0.2, 0) is 18.4 Å². The number of carbonyl (C=O) groups is 1. The van der Waals surface area contributed by atoms with Crippen LogP contribution in [0, 0.1) is 0 Å². The number of hydrogen-bond acceptors (Lipinski definition) is 5. The third-order valence-corrected chi connectivity index (χ3v) is 6.60. The quantitative estimate of drug-likeness (QED) is 0.504. The number of benzene rings is 2. The second-order valence-corrected chi connectivity index (χ2v) is 8.65. The minimum absolute atomic E-state index is 0.130. The SMILES string of the molecule is Cn1c(COc2ccc(Cl)cc2)nnc1S[C@@H](C(=O)N1CCCC1)c1ccccc1. The molecule has 4 rings (SSSR count). The van der Waals surface area contributed by atoms with E-state index in [0.717, 1.165) is 31.5 Å². The molecule has 2 aromatic carbocycles. The summed E-state index contributed by atoms with van der Waals surface area (Å²) in [6, 6.07) is 17.1. The summed E-state index contributed by atoms with van der Waals surface area (Å²) < 4.78 is 7.68. The minimum Gasteiger partial charge on any atom is -0.486 e. The highest BCUT2D eigenvalue weighted by atomic mass is 35.5.